The van der Waals surface area contributed by atoms with Crippen LogP contribution >= 0.6 is 8.03 Å². The van der Waals surface area contributed by atoms with Gasteiger partial charge in [-0.15, -0.1) is 0 Å². The fraction of sp³-hybridized carbons (Fsp3) is 0.455. The summed E-state index contributed by atoms with van der Waals surface area (Å²) in [7, 11) is -0.801. The predicted molar refractivity (Wildman–Crippen MR) is 67.3 cm³/mol. The van der Waals surface area contributed by atoms with Crippen LogP contribution in [0.15, 0.2) is 18.2 Å². The Kier molecular flexibility index (Phi) is 5.19. The molecule has 0 spiro atoms. The smallest absolute Gasteiger partial charge is 0.490 e. The van der Waals surface area contributed by atoms with Crippen molar-refractivity contribution in [3.63, 3.8) is 0 Å². The van der Waals surface area contributed by atoms with Crippen molar-refractivity contribution in [1.29, 1.82) is 0 Å². The van der Waals surface area contributed by atoms with E-state index >= 15 is 0 Å². The number of aryl methyl sites for hydroxylation is 1. The lowest BCUT2D eigenvalue weighted by Crippen LogP contribution is -2.00. The molecule has 0 radical (unpaired) electrons. The molecule has 2 atom stereocenters. The van der Waals surface area contributed by atoms with E-state index in [1.807, 2.05) is 0 Å². The van der Waals surface area contributed by atoms with Gasteiger partial charge in [0.1, 0.15) is 0 Å². The summed E-state index contributed by atoms with van der Waals surface area (Å²) in [6.07, 6.45) is 1.13. The Bertz CT molecular complexity index is 463. The van der Waals surface area contributed by atoms with Gasteiger partial charge in [0.25, 0.3) is 0 Å². The van der Waals surface area contributed by atoms with E-state index in [0.717, 1.165) is 5.56 Å². The minimum Gasteiger partial charge on any atom is -0.490 e. The number of nitro benzene ring substituents is 1. The number of rotatable bonds is 6. The average molecular weight is 272 g/mol. The third-order valence-corrected chi connectivity index (χ3v) is 3.68. The summed E-state index contributed by atoms with van der Waals surface area (Å²) in [6, 6.07) is 4.62. The van der Waals surface area contributed by atoms with Gasteiger partial charge < -0.3 is 4.74 Å². The fourth-order valence-corrected chi connectivity index (χ4v) is 1.86. The summed E-state index contributed by atoms with van der Waals surface area (Å²) in [5.74, 6) is 0.207. The van der Waals surface area contributed by atoms with Gasteiger partial charge in [0, 0.05) is 12.5 Å². The fourth-order valence-electron chi connectivity index (χ4n) is 1.51. The Morgan fingerprint density at radius 2 is 2.22 bits per heavy atom. The summed E-state index contributed by atoms with van der Waals surface area (Å²) in [5.41, 5.74) is 0.477. The van der Waals surface area contributed by atoms with Crippen molar-refractivity contribution in [3.8, 4) is 5.75 Å². The van der Waals surface area contributed by atoms with Crippen molar-refractivity contribution < 1.29 is 19.1 Å². The molecule has 1 aromatic carbocycles. The van der Waals surface area contributed by atoms with Gasteiger partial charge in [-0.05, 0) is 29.5 Å². The van der Waals surface area contributed by atoms with Crippen molar-refractivity contribution in [1.82, 2.24) is 0 Å². The number of hydrogen-bond acceptors (Lipinski definition) is 4. The monoisotopic (exact) mass is 272 g/mol. The highest BCUT2D eigenvalue weighted by atomic mass is 31.1. The Labute approximate surface area is 106 Å². The van der Waals surface area contributed by atoms with Crippen LogP contribution < -0.4 is 4.74 Å². The highest BCUT2D eigenvalue weighted by Crippen LogP contribution is 2.30. The lowest BCUT2D eigenvalue weighted by Gasteiger charge is -2.05. The van der Waals surface area contributed by atoms with Gasteiger partial charge in [0.05, 0.1) is 12.0 Å². The van der Waals surface area contributed by atoms with Gasteiger partial charge >= 0.3 is 13.7 Å². The van der Waals surface area contributed by atoms with Crippen LogP contribution in [0.1, 0.15) is 18.9 Å². The molecule has 0 amide bonds. The van der Waals surface area contributed by atoms with E-state index in [2.05, 4.69) is 0 Å². The molecular weight excluding hydrogens is 257 g/mol. The molecule has 1 aromatic rings. The zero-order valence-electron chi connectivity index (χ0n) is 10.2. The molecule has 0 fully saturated rings. The Balaban J connectivity index is 2.80. The maximum Gasteiger partial charge on any atom is 0.508 e. The molecule has 0 aromatic heterocycles. The normalized spacial score (nSPS) is 12.9. The van der Waals surface area contributed by atoms with Crippen molar-refractivity contribution >= 4 is 13.7 Å². The molecule has 0 aliphatic heterocycles. The summed E-state index contributed by atoms with van der Waals surface area (Å²) >= 11 is 0. The van der Waals surface area contributed by atoms with Gasteiger partial charge in [-0.1, -0.05) is 6.07 Å². The molecule has 98 valence electrons. The van der Waals surface area contributed by atoms with E-state index in [0.29, 0.717) is 12.8 Å². The van der Waals surface area contributed by atoms with Gasteiger partial charge in [-0.3, -0.25) is 10.1 Å². The van der Waals surface area contributed by atoms with Gasteiger partial charge in [-0.2, -0.15) is 4.89 Å². The molecule has 18 heavy (non-hydrogen) atoms. The lowest BCUT2D eigenvalue weighted by molar-refractivity contribution is -0.385. The molecular formula is C11H15NO5P+. The SMILES string of the molecule is COc1cc(CCC(C)[P+](=O)O)ccc1[N+](=O)[O-]. The van der Waals surface area contributed by atoms with Crippen LogP contribution in [0, 0.1) is 10.1 Å². The highest BCUT2D eigenvalue weighted by Gasteiger charge is 2.23. The third-order valence-electron chi connectivity index (χ3n) is 2.67. The number of hydrogen-bond donors (Lipinski definition) is 1. The summed E-state index contributed by atoms with van der Waals surface area (Å²) in [4.78, 5) is 19.1. The van der Waals surface area contributed by atoms with Crippen molar-refractivity contribution in [2.45, 2.75) is 25.4 Å². The zero-order chi connectivity index (χ0) is 13.7. The molecule has 0 aliphatic carbocycles. The van der Waals surface area contributed by atoms with Gasteiger partial charge in [0.2, 0.25) is 0 Å². The van der Waals surface area contributed by atoms with E-state index in [1.165, 1.54) is 13.2 Å². The minimum absolute atomic E-state index is 0.0810. The maximum absolute atomic E-state index is 10.8. The summed E-state index contributed by atoms with van der Waals surface area (Å²) in [5, 5.41) is 10.7. The maximum atomic E-state index is 10.8. The predicted octanol–water partition coefficient (Wildman–Crippen LogP) is 2.66. The average Bonchev–Trinajstić information content (AvgIpc) is 2.34. The van der Waals surface area contributed by atoms with Crippen molar-refractivity contribution in [3.05, 3.63) is 33.9 Å². The number of nitrogens with zero attached hydrogens (tertiary/aromatic N) is 1. The standard InChI is InChI=1S/C11H14NO5P/c1-8(18(15)16)3-4-9-5-6-10(12(13)14)11(7-9)17-2/h5-8H,3-4H2,1-2H3/p+1. The molecule has 2 unspecified atom stereocenters. The molecule has 0 bridgehead atoms. The largest absolute Gasteiger partial charge is 0.508 e. The molecule has 0 aliphatic rings. The van der Waals surface area contributed by atoms with Gasteiger partial charge in [0.15, 0.2) is 11.4 Å². The first kappa shape index (κ1) is 14.5. The number of nitro groups is 1. The van der Waals surface area contributed by atoms with E-state index in [-0.39, 0.29) is 17.1 Å². The Morgan fingerprint density at radius 1 is 1.56 bits per heavy atom. The Hall–Kier alpha value is -1.52. The first-order chi connectivity index (χ1) is 8.45. The van der Waals surface area contributed by atoms with Crippen LogP contribution in [0.25, 0.3) is 0 Å². The topological polar surface area (TPSA) is 89.7 Å². The second-order valence-electron chi connectivity index (χ2n) is 3.95. The van der Waals surface area contributed by atoms with Crippen molar-refractivity contribution in [2.24, 2.45) is 0 Å². The molecule has 0 saturated carbocycles. The zero-order valence-corrected chi connectivity index (χ0v) is 11.1. The van der Waals surface area contributed by atoms with Crippen LogP contribution in [-0.4, -0.2) is 22.6 Å². The second-order valence-corrected chi connectivity index (χ2v) is 5.44. The first-order valence-corrected chi connectivity index (χ1v) is 6.70. The summed E-state index contributed by atoms with van der Waals surface area (Å²) < 4.78 is 15.8. The molecule has 0 saturated heterocycles. The van der Waals surface area contributed by atoms with E-state index in [4.69, 9.17) is 9.63 Å². The number of methoxy groups -OCH3 is 1. The van der Waals surface area contributed by atoms with Crippen LogP contribution in [0.3, 0.4) is 0 Å². The molecule has 6 nitrogen and oxygen atoms in total. The molecule has 1 rings (SSSR count). The highest BCUT2D eigenvalue weighted by molar-refractivity contribution is 7.38. The first-order valence-electron chi connectivity index (χ1n) is 5.42. The number of ether oxygens (including phenoxy) is 1. The minimum atomic E-state index is -2.18. The van der Waals surface area contributed by atoms with Crippen LogP contribution in [0.2, 0.25) is 0 Å². The molecule has 0 heterocycles. The van der Waals surface area contributed by atoms with Gasteiger partial charge in [-0.25, -0.2) is 0 Å². The van der Waals surface area contributed by atoms with Crippen LogP contribution in [0.4, 0.5) is 5.69 Å². The lowest BCUT2D eigenvalue weighted by atomic mass is 10.1. The molecule has 7 heteroatoms. The Morgan fingerprint density at radius 3 is 2.72 bits per heavy atom. The number of benzene rings is 1. The summed E-state index contributed by atoms with van der Waals surface area (Å²) in [6.45, 7) is 1.70. The van der Waals surface area contributed by atoms with E-state index in [1.54, 1.807) is 19.1 Å². The quantitative estimate of drug-likeness (QED) is 0.488. The van der Waals surface area contributed by atoms with E-state index < -0.39 is 13.0 Å². The van der Waals surface area contributed by atoms with E-state index in [9.17, 15) is 14.7 Å². The van der Waals surface area contributed by atoms with Crippen molar-refractivity contribution in [2.75, 3.05) is 7.11 Å². The third kappa shape index (κ3) is 3.75. The van der Waals surface area contributed by atoms with Crippen LogP contribution in [-0.2, 0) is 11.0 Å². The van der Waals surface area contributed by atoms with Crippen LogP contribution in [0.5, 0.6) is 5.75 Å². The second kappa shape index (κ2) is 6.42. The molecule has 1 N–H and O–H groups in total.